The summed E-state index contributed by atoms with van der Waals surface area (Å²) in [5.41, 5.74) is 15.4. The number of hydrogen-bond donors (Lipinski definition) is 0. The van der Waals surface area contributed by atoms with Crippen LogP contribution < -0.4 is 4.90 Å². The molecule has 3 heterocycles. The molecule has 3 nitrogen and oxygen atoms in total. The molecule has 0 N–H and O–H groups in total. The Morgan fingerprint density at radius 1 is 0.391 bits per heavy atom. The Balaban J connectivity index is 1.07. The SMILES string of the molecule is c1ccc(-c2ccc(N(c3cccc(-c4cccc5c4oc4ccccc45)c3)c3ccc4c(sc5ccccc54)c3-c3cccc(-n4c5ccccc5c5ccccc54)c3)cc2)cc1. The molecule has 0 fully saturated rings. The van der Waals surface area contributed by atoms with Crippen LogP contribution in [0.4, 0.5) is 17.1 Å². The third-order valence-corrected chi connectivity index (χ3v) is 14.0. The van der Waals surface area contributed by atoms with E-state index in [1.165, 1.54) is 58.7 Å². The summed E-state index contributed by atoms with van der Waals surface area (Å²) in [5, 5.41) is 7.27. The van der Waals surface area contributed by atoms with Gasteiger partial charge in [-0.05, 0) is 89.0 Å². The Labute approximate surface area is 373 Å². The van der Waals surface area contributed by atoms with E-state index in [2.05, 4.69) is 234 Å². The fourth-order valence-corrected chi connectivity index (χ4v) is 11.2. The van der Waals surface area contributed by atoms with E-state index in [9.17, 15) is 0 Å². The average molecular weight is 835 g/mol. The Hall–Kier alpha value is -8.18. The van der Waals surface area contributed by atoms with Crippen molar-refractivity contribution < 1.29 is 4.42 Å². The molecule has 13 aromatic rings. The lowest BCUT2D eigenvalue weighted by Crippen LogP contribution is -2.11. The number of rotatable bonds is 7. The molecule has 3 aromatic heterocycles. The molecular formula is C60H38N2OS. The summed E-state index contributed by atoms with van der Waals surface area (Å²) >= 11 is 1.87. The van der Waals surface area contributed by atoms with Crippen LogP contribution in [0.25, 0.3) is 103 Å². The van der Waals surface area contributed by atoms with Crippen molar-refractivity contribution >= 4 is 92.3 Å². The molecule has 13 rings (SSSR count). The molecule has 0 bridgehead atoms. The molecule has 0 amide bonds. The van der Waals surface area contributed by atoms with Crippen molar-refractivity contribution in [3.8, 4) is 39.1 Å². The van der Waals surface area contributed by atoms with Crippen molar-refractivity contribution in [3.05, 3.63) is 231 Å². The van der Waals surface area contributed by atoms with Crippen LogP contribution in [0.2, 0.25) is 0 Å². The van der Waals surface area contributed by atoms with Gasteiger partial charge in [-0.2, -0.15) is 0 Å². The van der Waals surface area contributed by atoms with Crippen molar-refractivity contribution in [1.82, 2.24) is 4.57 Å². The minimum atomic E-state index is 0.894. The molecule has 64 heavy (non-hydrogen) atoms. The molecule has 300 valence electrons. The normalized spacial score (nSPS) is 11.8. The van der Waals surface area contributed by atoms with Gasteiger partial charge in [0.15, 0.2) is 0 Å². The second-order valence-electron chi connectivity index (χ2n) is 16.4. The molecule has 0 atom stereocenters. The Morgan fingerprint density at radius 2 is 1.02 bits per heavy atom. The topological polar surface area (TPSA) is 21.3 Å². The fraction of sp³-hybridized carbons (Fsp3) is 0. The van der Waals surface area contributed by atoms with Crippen molar-refractivity contribution in [3.63, 3.8) is 0 Å². The zero-order chi connectivity index (χ0) is 42.1. The van der Waals surface area contributed by atoms with E-state index < -0.39 is 0 Å². The molecule has 10 aromatic carbocycles. The van der Waals surface area contributed by atoms with Crippen LogP contribution >= 0.6 is 11.3 Å². The first kappa shape index (κ1) is 36.5. The van der Waals surface area contributed by atoms with E-state index in [1.807, 2.05) is 17.4 Å². The van der Waals surface area contributed by atoms with Gasteiger partial charge < -0.3 is 13.9 Å². The third-order valence-electron chi connectivity index (χ3n) is 12.8. The number of furan rings is 1. The van der Waals surface area contributed by atoms with Crippen LogP contribution in [-0.2, 0) is 0 Å². The molecule has 0 spiro atoms. The molecule has 0 saturated heterocycles. The molecular weight excluding hydrogens is 797 g/mol. The number of para-hydroxylation sites is 4. The van der Waals surface area contributed by atoms with Gasteiger partial charge >= 0.3 is 0 Å². The van der Waals surface area contributed by atoms with Crippen LogP contribution in [0, 0.1) is 0 Å². The minimum absolute atomic E-state index is 0.894. The number of nitrogens with zero attached hydrogens (tertiary/aromatic N) is 2. The summed E-state index contributed by atoms with van der Waals surface area (Å²) in [4.78, 5) is 2.45. The highest BCUT2D eigenvalue weighted by atomic mass is 32.1. The van der Waals surface area contributed by atoms with Gasteiger partial charge in [-0.1, -0.05) is 164 Å². The number of hydrogen-bond acceptors (Lipinski definition) is 3. The van der Waals surface area contributed by atoms with Crippen LogP contribution in [0.15, 0.2) is 235 Å². The van der Waals surface area contributed by atoms with Gasteiger partial charge in [0.1, 0.15) is 11.2 Å². The van der Waals surface area contributed by atoms with Crippen LogP contribution in [0.3, 0.4) is 0 Å². The number of aromatic nitrogens is 1. The zero-order valence-corrected chi connectivity index (χ0v) is 35.5. The monoisotopic (exact) mass is 834 g/mol. The molecule has 0 saturated carbocycles. The first-order valence-electron chi connectivity index (χ1n) is 21.7. The summed E-state index contributed by atoms with van der Waals surface area (Å²) in [6.45, 7) is 0. The highest BCUT2D eigenvalue weighted by Gasteiger charge is 2.24. The summed E-state index contributed by atoms with van der Waals surface area (Å²) < 4.78 is 11.5. The van der Waals surface area contributed by atoms with Gasteiger partial charge in [-0.15, -0.1) is 11.3 Å². The maximum atomic E-state index is 6.60. The zero-order valence-electron chi connectivity index (χ0n) is 34.7. The van der Waals surface area contributed by atoms with E-state index in [0.717, 1.165) is 61.4 Å². The van der Waals surface area contributed by atoms with Gasteiger partial charge in [0.2, 0.25) is 0 Å². The maximum Gasteiger partial charge on any atom is 0.143 e. The highest BCUT2D eigenvalue weighted by molar-refractivity contribution is 7.26. The van der Waals surface area contributed by atoms with Crippen LogP contribution in [0.5, 0.6) is 0 Å². The molecule has 0 aliphatic carbocycles. The largest absolute Gasteiger partial charge is 0.455 e. The predicted molar refractivity (Wildman–Crippen MR) is 272 cm³/mol. The van der Waals surface area contributed by atoms with Gasteiger partial charge in [0.25, 0.3) is 0 Å². The van der Waals surface area contributed by atoms with Crippen molar-refractivity contribution in [2.45, 2.75) is 0 Å². The second-order valence-corrected chi connectivity index (χ2v) is 17.5. The van der Waals surface area contributed by atoms with E-state index in [-0.39, 0.29) is 0 Å². The minimum Gasteiger partial charge on any atom is -0.455 e. The van der Waals surface area contributed by atoms with E-state index in [4.69, 9.17) is 4.42 Å². The van der Waals surface area contributed by atoms with Crippen molar-refractivity contribution in [2.75, 3.05) is 4.90 Å². The maximum absolute atomic E-state index is 6.60. The van der Waals surface area contributed by atoms with E-state index in [1.54, 1.807) is 0 Å². The smallest absolute Gasteiger partial charge is 0.143 e. The van der Waals surface area contributed by atoms with Gasteiger partial charge in [0, 0.05) is 69.9 Å². The number of anilines is 3. The molecule has 0 aliphatic rings. The highest BCUT2D eigenvalue weighted by Crippen LogP contribution is 2.50. The summed E-state index contributed by atoms with van der Waals surface area (Å²) in [6, 6.07) is 83.5. The number of benzene rings is 10. The van der Waals surface area contributed by atoms with Crippen molar-refractivity contribution in [2.24, 2.45) is 0 Å². The molecule has 4 heteroatoms. The molecule has 0 radical (unpaired) electrons. The average Bonchev–Trinajstić information content (AvgIpc) is 4.04. The predicted octanol–water partition coefficient (Wildman–Crippen LogP) is 17.5. The number of fused-ring (bicyclic) bond motifs is 9. The van der Waals surface area contributed by atoms with Crippen LogP contribution in [0.1, 0.15) is 0 Å². The van der Waals surface area contributed by atoms with Gasteiger partial charge in [0.05, 0.1) is 16.7 Å². The lowest BCUT2D eigenvalue weighted by Gasteiger charge is -2.29. The van der Waals surface area contributed by atoms with E-state index in [0.29, 0.717) is 0 Å². The third kappa shape index (κ3) is 5.81. The van der Waals surface area contributed by atoms with Gasteiger partial charge in [-0.3, -0.25) is 0 Å². The van der Waals surface area contributed by atoms with Crippen LogP contribution in [-0.4, -0.2) is 4.57 Å². The lowest BCUT2D eigenvalue weighted by atomic mass is 9.97. The standard InChI is InChI=1S/C60H38N2OS/c1-2-15-39(16-3-1)40-31-33-43(34-32-40)61(44-19-12-17-41(37-44)46-25-14-26-51-49-23-6-10-29-56(49)63-59(46)51)55-36-35-52-50-24-7-11-30-57(50)64-60(52)58(55)42-18-13-20-45(38-42)62-53-27-8-4-21-47(53)48-22-5-9-28-54(48)62/h1-38H. The first-order chi connectivity index (χ1) is 31.7. The Bertz CT molecular complexity index is 3860. The molecule has 0 aliphatic heterocycles. The fourth-order valence-electron chi connectivity index (χ4n) is 9.89. The van der Waals surface area contributed by atoms with Crippen molar-refractivity contribution in [1.29, 1.82) is 0 Å². The summed E-state index contributed by atoms with van der Waals surface area (Å²) in [5.74, 6) is 0. The summed E-state index contributed by atoms with van der Waals surface area (Å²) in [7, 11) is 0. The summed E-state index contributed by atoms with van der Waals surface area (Å²) in [6.07, 6.45) is 0. The quantitative estimate of drug-likeness (QED) is 0.159. The van der Waals surface area contributed by atoms with Gasteiger partial charge in [-0.25, -0.2) is 0 Å². The van der Waals surface area contributed by atoms with E-state index >= 15 is 0 Å². The Kier molecular flexibility index (Phi) is 8.40. The second kappa shape index (κ2) is 14.7. The first-order valence-corrected chi connectivity index (χ1v) is 22.6. The Morgan fingerprint density at radius 3 is 1.83 bits per heavy atom. The number of thiophene rings is 1. The lowest BCUT2D eigenvalue weighted by molar-refractivity contribution is 0.670. The molecule has 0 unspecified atom stereocenters.